The van der Waals surface area contributed by atoms with E-state index in [4.69, 9.17) is 0 Å². The fourth-order valence-electron chi connectivity index (χ4n) is 1.51. The third-order valence-corrected chi connectivity index (χ3v) is 3.36. The Morgan fingerprint density at radius 1 is 1.05 bits per heavy atom. The molecule has 0 spiro atoms. The second-order valence-corrected chi connectivity index (χ2v) is 5.59. The van der Waals surface area contributed by atoms with Crippen LogP contribution in [-0.2, 0) is 10.0 Å². The van der Waals surface area contributed by atoms with Crippen molar-refractivity contribution in [2.75, 3.05) is 4.72 Å². The monoisotopic (exact) mass is 274 g/mol. The van der Waals surface area contributed by atoms with Gasteiger partial charge in [-0.2, -0.15) is 0 Å². The molecule has 0 fully saturated rings. The lowest BCUT2D eigenvalue weighted by Crippen LogP contribution is -2.10. The molecule has 0 unspecified atom stereocenters. The zero-order valence-electron chi connectivity index (χ0n) is 10.4. The number of benzene rings is 1. The second-order valence-electron chi connectivity index (χ2n) is 4.02. The molecule has 2 rings (SSSR count). The van der Waals surface area contributed by atoms with Crippen LogP contribution in [0.5, 0.6) is 0 Å². The third-order valence-electron chi connectivity index (χ3n) is 2.37. The van der Waals surface area contributed by atoms with Crippen molar-refractivity contribution < 1.29 is 8.42 Å². The van der Waals surface area contributed by atoms with E-state index >= 15 is 0 Å². The summed E-state index contributed by atoms with van der Waals surface area (Å²) < 4.78 is 26.1. The summed E-state index contributed by atoms with van der Waals surface area (Å²) in [5.74, 6) is 0.317. The van der Waals surface area contributed by atoms with Crippen LogP contribution in [0.2, 0.25) is 0 Å². The molecule has 2 aromatic rings. The average Bonchev–Trinajstić information content (AvgIpc) is 2.37. The van der Waals surface area contributed by atoms with Gasteiger partial charge >= 0.3 is 0 Å². The zero-order chi connectivity index (χ0) is 13.7. The van der Waals surface area contributed by atoms with E-state index in [1.165, 1.54) is 6.08 Å². The predicted octanol–water partition coefficient (Wildman–Crippen LogP) is 2.80. The highest BCUT2D eigenvalue weighted by Crippen LogP contribution is 2.09. The van der Waals surface area contributed by atoms with Gasteiger partial charge in [-0.3, -0.25) is 4.72 Å². The molecule has 1 aromatic heterocycles. The molecule has 1 N–H and O–H groups in total. The first-order valence-electron chi connectivity index (χ1n) is 5.75. The van der Waals surface area contributed by atoms with Gasteiger partial charge in [0, 0.05) is 5.69 Å². The Morgan fingerprint density at radius 2 is 1.79 bits per heavy atom. The molecular formula is C14H14N2O2S. The number of aryl methyl sites for hydroxylation is 1. The lowest BCUT2D eigenvalue weighted by molar-refractivity contribution is 0.609. The van der Waals surface area contributed by atoms with Crippen LogP contribution in [0, 0.1) is 6.92 Å². The lowest BCUT2D eigenvalue weighted by atomic mass is 10.2. The highest BCUT2D eigenvalue weighted by atomic mass is 32.2. The summed E-state index contributed by atoms with van der Waals surface area (Å²) in [5, 5.41) is 1.13. The maximum Gasteiger partial charge on any atom is 0.256 e. The van der Waals surface area contributed by atoms with Gasteiger partial charge in [-0.15, -0.1) is 0 Å². The van der Waals surface area contributed by atoms with Gasteiger partial charge in [0.25, 0.3) is 10.0 Å². The average molecular weight is 274 g/mol. The minimum Gasteiger partial charge on any atom is -0.264 e. The SMILES string of the molecule is Cc1cccc(NS(=O)(=O)C=Cc2ccccc2)n1. The molecule has 98 valence electrons. The Labute approximate surface area is 112 Å². The Balaban J connectivity index is 2.13. The van der Waals surface area contributed by atoms with Crippen molar-refractivity contribution in [2.45, 2.75) is 6.92 Å². The van der Waals surface area contributed by atoms with Crippen LogP contribution >= 0.6 is 0 Å². The number of anilines is 1. The summed E-state index contributed by atoms with van der Waals surface area (Å²) in [6.45, 7) is 1.80. The van der Waals surface area contributed by atoms with E-state index in [0.717, 1.165) is 16.7 Å². The summed E-state index contributed by atoms with van der Waals surface area (Å²) in [6.07, 6.45) is 1.54. The molecule has 0 radical (unpaired) electrons. The molecule has 0 bridgehead atoms. The van der Waals surface area contributed by atoms with Gasteiger partial charge < -0.3 is 0 Å². The van der Waals surface area contributed by atoms with E-state index in [2.05, 4.69) is 9.71 Å². The minimum absolute atomic E-state index is 0.317. The van der Waals surface area contributed by atoms with Crippen molar-refractivity contribution in [3.8, 4) is 0 Å². The van der Waals surface area contributed by atoms with Gasteiger partial charge in [0.15, 0.2) is 0 Å². The van der Waals surface area contributed by atoms with Crippen LogP contribution < -0.4 is 4.72 Å². The minimum atomic E-state index is -3.54. The van der Waals surface area contributed by atoms with Crippen molar-refractivity contribution in [3.63, 3.8) is 0 Å². The number of rotatable bonds is 4. The van der Waals surface area contributed by atoms with E-state index in [9.17, 15) is 8.42 Å². The zero-order valence-corrected chi connectivity index (χ0v) is 11.3. The van der Waals surface area contributed by atoms with Gasteiger partial charge in [0.05, 0.1) is 5.41 Å². The van der Waals surface area contributed by atoms with E-state index < -0.39 is 10.0 Å². The fourth-order valence-corrected chi connectivity index (χ4v) is 2.32. The van der Waals surface area contributed by atoms with Gasteiger partial charge in [-0.1, -0.05) is 36.4 Å². The first-order chi connectivity index (χ1) is 9.05. The summed E-state index contributed by atoms with van der Waals surface area (Å²) in [6, 6.07) is 14.4. The quantitative estimate of drug-likeness (QED) is 0.932. The summed E-state index contributed by atoms with van der Waals surface area (Å²) in [4.78, 5) is 4.09. The molecule has 0 aliphatic carbocycles. The van der Waals surface area contributed by atoms with Gasteiger partial charge in [-0.25, -0.2) is 13.4 Å². The summed E-state index contributed by atoms with van der Waals surface area (Å²) in [7, 11) is -3.54. The maximum absolute atomic E-state index is 11.8. The Bertz CT molecular complexity index is 680. The third kappa shape index (κ3) is 4.22. The molecule has 0 saturated heterocycles. The van der Waals surface area contributed by atoms with Gasteiger partial charge in [0.2, 0.25) is 0 Å². The molecule has 0 amide bonds. The molecule has 0 aliphatic rings. The van der Waals surface area contributed by atoms with E-state index in [0.29, 0.717) is 5.82 Å². The van der Waals surface area contributed by atoms with Crippen molar-refractivity contribution in [2.24, 2.45) is 0 Å². The van der Waals surface area contributed by atoms with Crippen molar-refractivity contribution in [1.29, 1.82) is 0 Å². The predicted molar refractivity (Wildman–Crippen MR) is 77.0 cm³/mol. The topological polar surface area (TPSA) is 59.1 Å². The molecule has 0 saturated carbocycles. The highest BCUT2D eigenvalue weighted by molar-refractivity contribution is 7.95. The first-order valence-corrected chi connectivity index (χ1v) is 7.29. The Morgan fingerprint density at radius 3 is 2.47 bits per heavy atom. The van der Waals surface area contributed by atoms with E-state index in [-0.39, 0.29) is 0 Å². The Kier molecular flexibility index (Phi) is 3.97. The molecule has 0 aliphatic heterocycles. The normalized spacial score (nSPS) is 11.6. The molecule has 19 heavy (non-hydrogen) atoms. The largest absolute Gasteiger partial charge is 0.264 e. The number of nitrogens with one attached hydrogen (secondary N) is 1. The molecular weight excluding hydrogens is 260 g/mol. The van der Waals surface area contributed by atoms with Crippen LogP contribution in [0.25, 0.3) is 6.08 Å². The van der Waals surface area contributed by atoms with E-state index in [1.54, 1.807) is 25.1 Å². The molecule has 5 heteroatoms. The highest BCUT2D eigenvalue weighted by Gasteiger charge is 2.06. The number of pyridine rings is 1. The summed E-state index contributed by atoms with van der Waals surface area (Å²) in [5.41, 5.74) is 1.58. The first kappa shape index (κ1) is 13.3. The Hall–Kier alpha value is -2.14. The van der Waals surface area contributed by atoms with Crippen LogP contribution in [0.1, 0.15) is 11.3 Å². The smallest absolute Gasteiger partial charge is 0.256 e. The van der Waals surface area contributed by atoms with Crippen LogP contribution in [0.4, 0.5) is 5.82 Å². The van der Waals surface area contributed by atoms with Crippen molar-refractivity contribution in [1.82, 2.24) is 4.98 Å². The molecule has 4 nitrogen and oxygen atoms in total. The molecule has 1 aromatic carbocycles. The number of hydrogen-bond donors (Lipinski definition) is 1. The van der Waals surface area contributed by atoms with Crippen molar-refractivity contribution >= 4 is 21.9 Å². The van der Waals surface area contributed by atoms with Gasteiger partial charge in [0.1, 0.15) is 5.82 Å². The summed E-state index contributed by atoms with van der Waals surface area (Å²) >= 11 is 0. The van der Waals surface area contributed by atoms with E-state index in [1.807, 2.05) is 30.3 Å². The van der Waals surface area contributed by atoms with Gasteiger partial charge in [-0.05, 0) is 30.7 Å². The van der Waals surface area contributed by atoms with Crippen LogP contribution in [0.15, 0.2) is 53.9 Å². The molecule has 0 atom stereocenters. The fraction of sp³-hybridized carbons (Fsp3) is 0.0714. The maximum atomic E-state index is 11.8. The number of hydrogen-bond acceptors (Lipinski definition) is 3. The lowest BCUT2D eigenvalue weighted by Gasteiger charge is -2.03. The van der Waals surface area contributed by atoms with Crippen LogP contribution in [0.3, 0.4) is 0 Å². The number of sulfonamides is 1. The molecule has 1 heterocycles. The number of nitrogens with zero attached hydrogens (tertiary/aromatic N) is 1. The van der Waals surface area contributed by atoms with Crippen molar-refractivity contribution in [3.05, 3.63) is 65.2 Å². The standard InChI is InChI=1S/C14H14N2O2S/c1-12-6-5-9-14(15-12)16-19(17,18)11-10-13-7-3-2-4-8-13/h2-11H,1H3,(H,15,16). The second kappa shape index (κ2) is 5.67. The van der Waals surface area contributed by atoms with Crippen LogP contribution in [-0.4, -0.2) is 13.4 Å². The number of aromatic nitrogens is 1.